The van der Waals surface area contributed by atoms with Crippen molar-refractivity contribution in [2.75, 3.05) is 13.2 Å². The lowest BCUT2D eigenvalue weighted by Crippen LogP contribution is -2.28. The number of nitrogens with one attached hydrogen (secondary N) is 1. The van der Waals surface area contributed by atoms with Crippen molar-refractivity contribution in [3.63, 3.8) is 0 Å². The van der Waals surface area contributed by atoms with Gasteiger partial charge in [-0.2, -0.15) is 5.26 Å². The highest BCUT2D eigenvalue weighted by Gasteiger charge is 2.37. The molecule has 1 fully saturated rings. The van der Waals surface area contributed by atoms with Crippen LogP contribution in [0.25, 0.3) is 16.5 Å². The largest absolute Gasteiger partial charge is 0.490 e. The maximum Gasteiger partial charge on any atom is 0.120 e. The Morgan fingerprint density at radius 3 is 2.72 bits per heavy atom. The third-order valence-electron chi connectivity index (χ3n) is 6.32. The molecule has 4 heteroatoms. The van der Waals surface area contributed by atoms with Crippen LogP contribution in [0.4, 0.5) is 0 Å². The molecular weight excluding hydrogens is 360 g/mol. The maximum absolute atomic E-state index is 9.26. The molecule has 2 heterocycles. The van der Waals surface area contributed by atoms with Gasteiger partial charge in [-0.15, -0.1) is 0 Å². The number of fused-ring (bicyclic) bond motifs is 4. The fourth-order valence-corrected chi connectivity index (χ4v) is 4.68. The number of hydrogen-bond acceptors (Lipinski definition) is 3. The summed E-state index contributed by atoms with van der Waals surface area (Å²) >= 11 is 0. The molecule has 1 aliphatic carbocycles. The number of aromatic nitrogens is 1. The van der Waals surface area contributed by atoms with Gasteiger partial charge in [0.1, 0.15) is 11.9 Å². The molecular formula is C25H24N2O2. The van der Waals surface area contributed by atoms with Crippen molar-refractivity contribution in [2.24, 2.45) is 0 Å². The first-order valence-electron chi connectivity index (χ1n) is 10.1. The van der Waals surface area contributed by atoms with E-state index in [-0.39, 0.29) is 11.5 Å². The Morgan fingerprint density at radius 1 is 1.17 bits per heavy atom. The third kappa shape index (κ3) is 2.77. The SMILES string of the molecule is C=C1c2ccc(OC3CCOCC3)cc2C(C)(C)c2[nH]c3cc(C#N)ccc3c21. The topological polar surface area (TPSA) is 58.0 Å². The van der Waals surface area contributed by atoms with E-state index in [4.69, 9.17) is 9.47 Å². The van der Waals surface area contributed by atoms with Gasteiger partial charge in [-0.1, -0.05) is 32.6 Å². The van der Waals surface area contributed by atoms with Gasteiger partial charge in [0.05, 0.1) is 24.8 Å². The Labute approximate surface area is 170 Å². The molecule has 146 valence electrons. The summed E-state index contributed by atoms with van der Waals surface area (Å²) < 4.78 is 11.7. The Morgan fingerprint density at radius 2 is 1.97 bits per heavy atom. The summed E-state index contributed by atoms with van der Waals surface area (Å²) in [6.07, 6.45) is 2.07. The van der Waals surface area contributed by atoms with Crippen LogP contribution in [0, 0.1) is 11.3 Å². The number of aromatic amines is 1. The highest BCUT2D eigenvalue weighted by atomic mass is 16.5. The molecule has 0 bridgehead atoms. The van der Waals surface area contributed by atoms with E-state index in [1.807, 2.05) is 18.2 Å². The van der Waals surface area contributed by atoms with Crippen molar-refractivity contribution in [1.82, 2.24) is 4.98 Å². The molecule has 0 saturated carbocycles. The van der Waals surface area contributed by atoms with Gasteiger partial charge >= 0.3 is 0 Å². The molecule has 1 aromatic heterocycles. The van der Waals surface area contributed by atoms with E-state index < -0.39 is 0 Å². The second kappa shape index (κ2) is 6.50. The summed E-state index contributed by atoms with van der Waals surface area (Å²) in [6.45, 7) is 10.4. The lowest BCUT2D eigenvalue weighted by molar-refractivity contribution is 0.0255. The molecule has 3 aromatic rings. The van der Waals surface area contributed by atoms with Crippen LogP contribution in [0.5, 0.6) is 5.75 Å². The molecule has 2 aromatic carbocycles. The zero-order valence-electron chi connectivity index (χ0n) is 16.8. The van der Waals surface area contributed by atoms with Gasteiger partial charge in [0.15, 0.2) is 0 Å². The molecule has 2 aliphatic rings. The van der Waals surface area contributed by atoms with Gasteiger partial charge < -0.3 is 14.5 Å². The fourth-order valence-electron chi connectivity index (χ4n) is 4.68. The standard InChI is InChI=1S/C25H24N2O2/c1-15-19-7-5-18(29-17-8-10-28-11-9-17)13-21(19)25(2,3)24-23(15)20-6-4-16(14-26)12-22(20)27-24/h4-7,12-13,17,27H,1,8-11H2,2-3H3. The van der Waals surface area contributed by atoms with Crippen molar-refractivity contribution in [1.29, 1.82) is 5.26 Å². The van der Waals surface area contributed by atoms with Gasteiger partial charge in [-0.05, 0) is 41.0 Å². The normalized spacial score (nSPS) is 18.2. The lowest BCUT2D eigenvalue weighted by atomic mass is 9.70. The van der Waals surface area contributed by atoms with Crippen LogP contribution in [0.2, 0.25) is 0 Å². The van der Waals surface area contributed by atoms with Gasteiger partial charge in [0.2, 0.25) is 0 Å². The highest BCUT2D eigenvalue weighted by Crippen LogP contribution is 2.49. The monoisotopic (exact) mass is 384 g/mol. The zero-order chi connectivity index (χ0) is 20.2. The number of nitriles is 1. The summed E-state index contributed by atoms with van der Waals surface area (Å²) in [5.41, 5.74) is 7.09. The molecule has 5 rings (SSSR count). The lowest BCUT2D eigenvalue weighted by Gasteiger charge is -2.34. The summed E-state index contributed by atoms with van der Waals surface area (Å²) in [5.74, 6) is 0.905. The van der Waals surface area contributed by atoms with Gasteiger partial charge in [0, 0.05) is 40.4 Å². The molecule has 0 atom stereocenters. The smallest absolute Gasteiger partial charge is 0.120 e. The minimum Gasteiger partial charge on any atom is -0.490 e. The predicted molar refractivity (Wildman–Crippen MR) is 114 cm³/mol. The second-order valence-corrected chi connectivity index (χ2v) is 8.49. The number of nitrogens with zero attached hydrogens (tertiary/aromatic N) is 1. The Hall–Kier alpha value is -3.03. The summed E-state index contributed by atoms with van der Waals surface area (Å²) in [5, 5.41) is 10.4. The van der Waals surface area contributed by atoms with Crippen LogP contribution >= 0.6 is 0 Å². The predicted octanol–water partition coefficient (Wildman–Crippen LogP) is 5.30. The first-order chi connectivity index (χ1) is 14.0. The van der Waals surface area contributed by atoms with E-state index in [2.05, 4.69) is 49.7 Å². The van der Waals surface area contributed by atoms with E-state index in [1.165, 1.54) is 5.56 Å². The summed E-state index contributed by atoms with van der Waals surface area (Å²) in [4.78, 5) is 3.58. The number of ether oxygens (including phenoxy) is 2. The van der Waals surface area contributed by atoms with Crippen molar-refractivity contribution in [2.45, 2.75) is 38.2 Å². The number of benzene rings is 2. The average molecular weight is 384 g/mol. The molecule has 0 amide bonds. The molecule has 0 radical (unpaired) electrons. The molecule has 0 unspecified atom stereocenters. The zero-order valence-corrected chi connectivity index (χ0v) is 16.8. The highest BCUT2D eigenvalue weighted by molar-refractivity contribution is 6.01. The van der Waals surface area contributed by atoms with Crippen molar-refractivity contribution in [3.05, 3.63) is 70.9 Å². The molecule has 1 saturated heterocycles. The minimum absolute atomic E-state index is 0.213. The Balaban J connectivity index is 1.60. The van der Waals surface area contributed by atoms with E-state index >= 15 is 0 Å². The van der Waals surface area contributed by atoms with Crippen LogP contribution in [-0.4, -0.2) is 24.3 Å². The van der Waals surface area contributed by atoms with E-state index in [1.54, 1.807) is 0 Å². The van der Waals surface area contributed by atoms with E-state index in [9.17, 15) is 5.26 Å². The molecule has 1 N–H and O–H groups in total. The Kier molecular flexibility index (Phi) is 4.04. The quantitative estimate of drug-likeness (QED) is 0.652. The van der Waals surface area contributed by atoms with Gasteiger partial charge in [0.25, 0.3) is 0 Å². The number of H-pyrrole nitrogens is 1. The van der Waals surface area contributed by atoms with Crippen LogP contribution in [0.1, 0.15) is 54.6 Å². The first kappa shape index (κ1) is 18.0. The van der Waals surface area contributed by atoms with E-state index in [0.717, 1.165) is 65.1 Å². The molecule has 4 nitrogen and oxygen atoms in total. The molecule has 1 aliphatic heterocycles. The minimum atomic E-state index is -0.229. The van der Waals surface area contributed by atoms with Crippen molar-refractivity contribution in [3.8, 4) is 11.8 Å². The van der Waals surface area contributed by atoms with Crippen LogP contribution in [0.3, 0.4) is 0 Å². The molecule has 29 heavy (non-hydrogen) atoms. The Bertz CT molecular complexity index is 1170. The fraction of sp³-hybridized carbons (Fsp3) is 0.320. The van der Waals surface area contributed by atoms with Crippen LogP contribution < -0.4 is 4.74 Å². The third-order valence-corrected chi connectivity index (χ3v) is 6.32. The van der Waals surface area contributed by atoms with E-state index in [0.29, 0.717) is 5.56 Å². The summed E-state index contributed by atoms with van der Waals surface area (Å²) in [7, 11) is 0. The van der Waals surface area contributed by atoms with Gasteiger partial charge in [-0.25, -0.2) is 0 Å². The number of hydrogen-bond donors (Lipinski definition) is 1. The summed E-state index contributed by atoms with van der Waals surface area (Å²) in [6, 6.07) is 14.4. The molecule has 0 spiro atoms. The second-order valence-electron chi connectivity index (χ2n) is 8.49. The van der Waals surface area contributed by atoms with Crippen molar-refractivity contribution >= 4 is 16.5 Å². The average Bonchev–Trinajstić information content (AvgIpc) is 3.13. The number of rotatable bonds is 2. The van der Waals surface area contributed by atoms with Crippen LogP contribution in [-0.2, 0) is 10.2 Å². The van der Waals surface area contributed by atoms with Gasteiger partial charge in [-0.3, -0.25) is 0 Å². The van der Waals surface area contributed by atoms with Crippen LogP contribution in [0.15, 0.2) is 43.0 Å². The maximum atomic E-state index is 9.26. The van der Waals surface area contributed by atoms with Crippen molar-refractivity contribution < 1.29 is 9.47 Å². The first-order valence-corrected chi connectivity index (χ1v) is 10.1.